The van der Waals surface area contributed by atoms with Crippen LogP contribution in [-0.2, 0) is 10.3 Å². The highest BCUT2D eigenvalue weighted by molar-refractivity contribution is 5.42. The molecule has 4 heteroatoms. The van der Waals surface area contributed by atoms with Crippen molar-refractivity contribution >= 4 is 5.82 Å². The summed E-state index contributed by atoms with van der Waals surface area (Å²) in [5, 5.41) is 0. The van der Waals surface area contributed by atoms with E-state index in [-0.39, 0.29) is 5.60 Å². The van der Waals surface area contributed by atoms with E-state index in [0.717, 1.165) is 30.4 Å². The summed E-state index contributed by atoms with van der Waals surface area (Å²) < 4.78 is 6.08. The average molecular weight is 283 g/mol. The summed E-state index contributed by atoms with van der Waals surface area (Å²) in [6.45, 7) is 8.45. The Bertz CT molecular complexity index is 609. The van der Waals surface area contributed by atoms with Gasteiger partial charge in [0.05, 0.1) is 13.2 Å². The number of benzene rings is 1. The van der Waals surface area contributed by atoms with Gasteiger partial charge in [0, 0.05) is 18.3 Å². The van der Waals surface area contributed by atoms with Crippen molar-refractivity contribution in [2.75, 3.05) is 24.6 Å². The molecule has 0 spiro atoms. The molecule has 1 saturated heterocycles. The molecule has 0 saturated carbocycles. The van der Waals surface area contributed by atoms with Gasteiger partial charge in [-0.1, -0.05) is 30.3 Å². The first-order valence-corrected chi connectivity index (χ1v) is 7.33. The van der Waals surface area contributed by atoms with Crippen LogP contribution in [0.4, 0.5) is 5.82 Å². The van der Waals surface area contributed by atoms with Gasteiger partial charge in [-0.3, -0.25) is 0 Å². The average Bonchev–Trinajstić information content (AvgIpc) is 2.47. The minimum absolute atomic E-state index is 0.299. The first-order valence-electron chi connectivity index (χ1n) is 7.33. The Morgan fingerprint density at radius 3 is 2.62 bits per heavy atom. The highest BCUT2D eigenvalue weighted by atomic mass is 16.5. The van der Waals surface area contributed by atoms with Gasteiger partial charge in [0.25, 0.3) is 0 Å². The number of aryl methyl sites for hydroxylation is 2. The Morgan fingerprint density at radius 2 is 1.90 bits per heavy atom. The van der Waals surface area contributed by atoms with Crippen molar-refractivity contribution in [2.45, 2.75) is 26.4 Å². The van der Waals surface area contributed by atoms with Crippen LogP contribution >= 0.6 is 0 Å². The summed E-state index contributed by atoms with van der Waals surface area (Å²) in [6.07, 6.45) is 0. The lowest BCUT2D eigenvalue weighted by Crippen LogP contribution is -2.48. The van der Waals surface area contributed by atoms with E-state index in [1.165, 1.54) is 5.56 Å². The zero-order valence-corrected chi connectivity index (χ0v) is 12.8. The van der Waals surface area contributed by atoms with Crippen LogP contribution in [-0.4, -0.2) is 29.7 Å². The van der Waals surface area contributed by atoms with E-state index in [1.54, 1.807) is 0 Å². The summed E-state index contributed by atoms with van der Waals surface area (Å²) >= 11 is 0. The van der Waals surface area contributed by atoms with Crippen LogP contribution in [0, 0.1) is 13.8 Å². The molecule has 1 aliphatic rings. The largest absolute Gasteiger partial charge is 0.367 e. The number of hydrogen-bond acceptors (Lipinski definition) is 4. The normalized spacial score (nSPS) is 22.3. The molecule has 0 bridgehead atoms. The molecule has 0 radical (unpaired) electrons. The van der Waals surface area contributed by atoms with E-state index >= 15 is 0 Å². The van der Waals surface area contributed by atoms with Gasteiger partial charge < -0.3 is 9.64 Å². The van der Waals surface area contributed by atoms with Gasteiger partial charge in [0.1, 0.15) is 17.2 Å². The maximum absolute atomic E-state index is 6.08. The third-order valence-corrected chi connectivity index (χ3v) is 3.94. The van der Waals surface area contributed by atoms with E-state index in [2.05, 4.69) is 46.1 Å². The molecule has 0 aliphatic carbocycles. The summed E-state index contributed by atoms with van der Waals surface area (Å²) in [4.78, 5) is 11.2. The predicted octanol–water partition coefficient (Wildman–Crippen LogP) is 2.85. The Hall–Kier alpha value is -1.94. The highest BCUT2D eigenvalue weighted by Crippen LogP contribution is 2.31. The number of rotatable bonds is 2. The molecule has 0 amide bonds. The lowest BCUT2D eigenvalue weighted by Gasteiger charge is -2.41. The lowest BCUT2D eigenvalue weighted by molar-refractivity contribution is -0.0468. The van der Waals surface area contributed by atoms with Crippen molar-refractivity contribution in [1.29, 1.82) is 0 Å². The molecule has 21 heavy (non-hydrogen) atoms. The van der Waals surface area contributed by atoms with Gasteiger partial charge in [0.2, 0.25) is 0 Å². The summed E-state index contributed by atoms with van der Waals surface area (Å²) in [5.74, 6) is 1.81. The standard InChI is InChI=1S/C17H21N3O/c1-13-11-16(19-14(2)18-13)20-9-10-21-17(3,12-20)15-7-5-4-6-8-15/h4-8,11H,9-10,12H2,1-3H3. The van der Waals surface area contributed by atoms with Crippen LogP contribution in [0.25, 0.3) is 0 Å². The zero-order valence-electron chi connectivity index (χ0n) is 12.8. The number of hydrogen-bond donors (Lipinski definition) is 0. The minimum Gasteiger partial charge on any atom is -0.367 e. The van der Waals surface area contributed by atoms with Crippen molar-refractivity contribution in [2.24, 2.45) is 0 Å². The minimum atomic E-state index is -0.299. The van der Waals surface area contributed by atoms with Crippen molar-refractivity contribution in [1.82, 2.24) is 9.97 Å². The monoisotopic (exact) mass is 283 g/mol. The van der Waals surface area contributed by atoms with Gasteiger partial charge >= 0.3 is 0 Å². The Labute approximate surface area is 125 Å². The molecular formula is C17H21N3O. The summed E-state index contributed by atoms with van der Waals surface area (Å²) in [5.41, 5.74) is 1.91. The van der Waals surface area contributed by atoms with Crippen molar-refractivity contribution in [3.8, 4) is 0 Å². The quantitative estimate of drug-likeness (QED) is 0.849. The number of nitrogens with zero attached hydrogens (tertiary/aromatic N) is 3. The Morgan fingerprint density at radius 1 is 1.14 bits per heavy atom. The van der Waals surface area contributed by atoms with Crippen LogP contribution < -0.4 is 4.90 Å². The third kappa shape index (κ3) is 2.90. The van der Waals surface area contributed by atoms with E-state index < -0.39 is 0 Å². The van der Waals surface area contributed by atoms with E-state index in [9.17, 15) is 0 Å². The number of ether oxygens (including phenoxy) is 1. The summed E-state index contributed by atoms with van der Waals surface area (Å²) in [6, 6.07) is 12.4. The molecular weight excluding hydrogens is 262 g/mol. The first-order chi connectivity index (χ1) is 10.1. The molecule has 1 atom stereocenters. The predicted molar refractivity (Wildman–Crippen MR) is 83.5 cm³/mol. The second-order valence-electron chi connectivity index (χ2n) is 5.78. The molecule has 1 aromatic heterocycles. The van der Waals surface area contributed by atoms with Gasteiger partial charge in [-0.25, -0.2) is 9.97 Å². The van der Waals surface area contributed by atoms with Gasteiger partial charge in [-0.05, 0) is 26.3 Å². The molecule has 110 valence electrons. The second-order valence-corrected chi connectivity index (χ2v) is 5.78. The van der Waals surface area contributed by atoms with E-state index in [4.69, 9.17) is 4.74 Å². The fourth-order valence-electron chi connectivity index (χ4n) is 2.89. The third-order valence-electron chi connectivity index (χ3n) is 3.94. The van der Waals surface area contributed by atoms with Crippen LogP contribution in [0.2, 0.25) is 0 Å². The highest BCUT2D eigenvalue weighted by Gasteiger charge is 2.34. The molecule has 1 aromatic carbocycles. The second kappa shape index (κ2) is 5.45. The van der Waals surface area contributed by atoms with Crippen LogP contribution in [0.15, 0.2) is 36.4 Å². The molecule has 1 aliphatic heterocycles. The van der Waals surface area contributed by atoms with Crippen molar-refractivity contribution in [3.05, 3.63) is 53.5 Å². The maximum Gasteiger partial charge on any atom is 0.132 e. The molecule has 2 aromatic rings. The van der Waals surface area contributed by atoms with Crippen molar-refractivity contribution in [3.63, 3.8) is 0 Å². The van der Waals surface area contributed by atoms with Crippen LogP contribution in [0.3, 0.4) is 0 Å². The number of morpholine rings is 1. The van der Waals surface area contributed by atoms with E-state index in [0.29, 0.717) is 6.61 Å². The van der Waals surface area contributed by atoms with Crippen LogP contribution in [0.5, 0.6) is 0 Å². The maximum atomic E-state index is 6.08. The molecule has 3 rings (SSSR count). The Kier molecular flexibility index (Phi) is 3.64. The number of aromatic nitrogens is 2. The summed E-state index contributed by atoms with van der Waals surface area (Å²) in [7, 11) is 0. The fourth-order valence-corrected chi connectivity index (χ4v) is 2.89. The van der Waals surface area contributed by atoms with Gasteiger partial charge in [-0.2, -0.15) is 0 Å². The molecule has 4 nitrogen and oxygen atoms in total. The first kappa shape index (κ1) is 14.0. The van der Waals surface area contributed by atoms with Gasteiger partial charge in [0.15, 0.2) is 0 Å². The molecule has 1 unspecified atom stereocenters. The topological polar surface area (TPSA) is 38.2 Å². The van der Waals surface area contributed by atoms with Crippen LogP contribution in [0.1, 0.15) is 24.0 Å². The lowest BCUT2D eigenvalue weighted by atomic mass is 9.94. The fraction of sp³-hybridized carbons (Fsp3) is 0.412. The molecule has 1 fully saturated rings. The molecule has 0 N–H and O–H groups in total. The van der Waals surface area contributed by atoms with Crippen molar-refractivity contribution < 1.29 is 4.74 Å². The van der Waals surface area contributed by atoms with E-state index in [1.807, 2.05) is 26.0 Å². The Balaban J connectivity index is 1.89. The number of anilines is 1. The SMILES string of the molecule is Cc1cc(N2CCOC(C)(c3ccccc3)C2)nc(C)n1. The smallest absolute Gasteiger partial charge is 0.132 e. The van der Waals surface area contributed by atoms with Gasteiger partial charge in [-0.15, -0.1) is 0 Å². The molecule has 2 heterocycles. The zero-order chi connectivity index (χ0) is 14.9.